The Morgan fingerprint density at radius 2 is 0.794 bits per heavy atom. The fraction of sp³-hybridized carbons (Fsp3) is 0.255. The second-order valence-corrected chi connectivity index (χ2v) is 14.3. The quantitative estimate of drug-likeness (QED) is 0.106. The van der Waals surface area contributed by atoms with E-state index >= 15 is 0 Å². The average Bonchev–Trinajstić information content (AvgIpc) is 3.33. The molecule has 0 saturated carbocycles. The van der Waals surface area contributed by atoms with E-state index in [2.05, 4.69) is 0 Å². The second-order valence-electron chi connectivity index (χ2n) is 14.3. The van der Waals surface area contributed by atoms with E-state index in [1.54, 1.807) is 91.0 Å². The van der Waals surface area contributed by atoms with E-state index in [9.17, 15) is 39.3 Å². The molecular weight excluding hydrogens is 821 g/mol. The number of aliphatic hydroxyl groups excluding tert-OH is 3. The van der Waals surface area contributed by atoms with Crippen LogP contribution in [0.2, 0.25) is 0 Å². The van der Waals surface area contributed by atoms with Crippen molar-refractivity contribution in [3.05, 3.63) is 179 Å². The first-order valence-corrected chi connectivity index (χ1v) is 19.8. The molecule has 2 aliphatic rings. The Balaban J connectivity index is 1.29. The van der Waals surface area contributed by atoms with Crippen molar-refractivity contribution >= 4 is 29.8 Å². The van der Waals surface area contributed by atoms with E-state index in [-0.39, 0.29) is 27.8 Å². The largest absolute Gasteiger partial charge is 0.459 e. The minimum Gasteiger partial charge on any atom is -0.459 e. The lowest BCUT2D eigenvalue weighted by Crippen LogP contribution is -2.66. The number of carbonyl (C=O) groups excluding carboxylic acids is 5. The zero-order valence-electron chi connectivity index (χ0n) is 33.3. The molecule has 326 valence electrons. The summed E-state index contributed by atoms with van der Waals surface area (Å²) in [6.07, 6.45) is -17.9. The van der Waals surface area contributed by atoms with Crippen molar-refractivity contribution in [2.75, 3.05) is 13.2 Å². The smallest absolute Gasteiger partial charge is 0.338 e. The minimum absolute atomic E-state index is 0.0337. The molecule has 10 atom stereocenters. The van der Waals surface area contributed by atoms with Crippen molar-refractivity contribution in [3.8, 4) is 0 Å². The van der Waals surface area contributed by atoms with Crippen molar-refractivity contribution in [1.82, 2.24) is 0 Å². The van der Waals surface area contributed by atoms with Gasteiger partial charge in [0.2, 0.25) is 0 Å². The van der Waals surface area contributed by atoms with Crippen LogP contribution in [0, 0.1) is 0 Å². The van der Waals surface area contributed by atoms with Crippen LogP contribution in [0.3, 0.4) is 0 Å². The molecule has 0 amide bonds. The Bertz CT molecular complexity index is 2300. The maximum Gasteiger partial charge on any atom is 0.338 e. The molecule has 5 aromatic carbocycles. The van der Waals surface area contributed by atoms with Crippen LogP contribution in [0.4, 0.5) is 0 Å². The standard InChI is InChI=1S/C47H42O16/c48-26-33-36(35(49)38(46(55)57-33)60-43(52)30-20-10-3-11-21-30)63-47-40(62-45(54)32-24-14-5-15-25-32)39(61-44(53)31-22-12-4-13-23-31)37(59-42(51)29-18-8-2-9-19-29)34(58-47)27-56-41(50)28-16-6-1-7-17-28/h1-25,33-40,46-49,55H,26-27H2/t33-,34-,35+,36-,37+,38-,39+,40-,46-,47+/m1/s1. The van der Waals surface area contributed by atoms with Gasteiger partial charge in [-0.3, -0.25) is 0 Å². The number of carbonyl (C=O) groups is 5. The van der Waals surface area contributed by atoms with Gasteiger partial charge in [0, 0.05) is 0 Å². The van der Waals surface area contributed by atoms with Gasteiger partial charge in [0.25, 0.3) is 0 Å². The van der Waals surface area contributed by atoms with Crippen molar-refractivity contribution < 1.29 is 77.2 Å². The number of aliphatic hydroxyl groups is 3. The third kappa shape index (κ3) is 10.8. The van der Waals surface area contributed by atoms with E-state index in [4.69, 9.17) is 37.9 Å². The summed E-state index contributed by atoms with van der Waals surface area (Å²) in [5.41, 5.74) is 0.386. The van der Waals surface area contributed by atoms with Crippen LogP contribution in [-0.4, -0.2) is 120 Å². The Labute approximate surface area is 360 Å². The van der Waals surface area contributed by atoms with E-state index in [0.717, 1.165) is 0 Å². The molecular formula is C47H42O16. The molecule has 2 aliphatic heterocycles. The van der Waals surface area contributed by atoms with Crippen molar-refractivity contribution in [2.45, 2.75) is 61.4 Å². The molecule has 3 N–H and O–H groups in total. The number of benzene rings is 5. The van der Waals surface area contributed by atoms with Gasteiger partial charge < -0.3 is 53.2 Å². The van der Waals surface area contributed by atoms with Gasteiger partial charge in [-0.2, -0.15) is 0 Å². The normalized spacial score (nSPS) is 25.4. The second kappa shape index (κ2) is 20.9. The van der Waals surface area contributed by atoms with Crippen LogP contribution in [-0.2, 0) is 37.9 Å². The average molecular weight is 863 g/mol. The van der Waals surface area contributed by atoms with E-state index in [1.165, 1.54) is 60.7 Å². The van der Waals surface area contributed by atoms with Crippen LogP contribution >= 0.6 is 0 Å². The van der Waals surface area contributed by atoms with E-state index in [1.807, 2.05) is 0 Å². The van der Waals surface area contributed by atoms with Gasteiger partial charge in [-0.1, -0.05) is 91.0 Å². The molecule has 2 fully saturated rings. The zero-order valence-corrected chi connectivity index (χ0v) is 33.3. The summed E-state index contributed by atoms with van der Waals surface area (Å²) < 4.78 is 47.6. The SMILES string of the molecule is O=C(OC[C@H]1O[C@@H](O[C@H]2[C@H](O)[C@@H](OC(=O)c3ccccc3)[C@H](O)O[C@@H]2CO)[C@H](OC(=O)c2ccccc2)[C@@H](OC(=O)c2ccccc2)[C@H]1OC(=O)c1ccccc1)c1ccccc1. The van der Waals surface area contributed by atoms with E-state index < -0.39 is 104 Å². The Morgan fingerprint density at radius 1 is 0.429 bits per heavy atom. The van der Waals surface area contributed by atoms with Gasteiger partial charge in [0.05, 0.1) is 34.4 Å². The highest BCUT2D eigenvalue weighted by Gasteiger charge is 2.56. The summed E-state index contributed by atoms with van der Waals surface area (Å²) in [7, 11) is 0. The van der Waals surface area contributed by atoms with Gasteiger partial charge in [-0.15, -0.1) is 0 Å². The van der Waals surface area contributed by atoms with Crippen molar-refractivity contribution in [1.29, 1.82) is 0 Å². The molecule has 2 saturated heterocycles. The molecule has 16 nitrogen and oxygen atoms in total. The third-order valence-corrected chi connectivity index (χ3v) is 10.1. The molecule has 7 rings (SSSR count). The highest BCUT2D eigenvalue weighted by atomic mass is 16.8. The highest BCUT2D eigenvalue weighted by Crippen LogP contribution is 2.35. The zero-order chi connectivity index (χ0) is 44.3. The molecule has 63 heavy (non-hydrogen) atoms. The summed E-state index contributed by atoms with van der Waals surface area (Å²) in [4.78, 5) is 68.2. The molecule has 0 bridgehead atoms. The Kier molecular flexibility index (Phi) is 14.7. The molecule has 0 spiro atoms. The first-order chi connectivity index (χ1) is 30.6. The maximum atomic E-state index is 14.0. The molecule has 5 aromatic rings. The predicted octanol–water partition coefficient (Wildman–Crippen LogP) is 3.93. The molecule has 0 radical (unpaired) electrons. The summed E-state index contributed by atoms with van der Waals surface area (Å²) in [5, 5.41) is 33.1. The number of esters is 5. The number of hydrogen-bond acceptors (Lipinski definition) is 16. The maximum absolute atomic E-state index is 14.0. The number of hydrogen-bond donors (Lipinski definition) is 3. The lowest BCUT2D eigenvalue weighted by atomic mass is 9.96. The van der Waals surface area contributed by atoms with Gasteiger partial charge >= 0.3 is 29.8 Å². The predicted molar refractivity (Wildman–Crippen MR) is 217 cm³/mol. The summed E-state index contributed by atoms with van der Waals surface area (Å²) in [6.45, 7) is -1.55. The van der Waals surface area contributed by atoms with Crippen LogP contribution in [0.5, 0.6) is 0 Å². The van der Waals surface area contributed by atoms with Gasteiger partial charge in [0.1, 0.15) is 31.0 Å². The fourth-order valence-corrected chi connectivity index (χ4v) is 6.91. The Hall–Kier alpha value is -6.79. The van der Waals surface area contributed by atoms with Crippen LogP contribution in [0.1, 0.15) is 51.8 Å². The summed E-state index contributed by atoms with van der Waals surface area (Å²) in [5.74, 6) is -4.62. The fourth-order valence-electron chi connectivity index (χ4n) is 6.91. The lowest BCUT2D eigenvalue weighted by molar-refractivity contribution is -0.352. The number of ether oxygens (including phenoxy) is 8. The van der Waals surface area contributed by atoms with Gasteiger partial charge in [-0.25, -0.2) is 24.0 Å². The topological polar surface area (TPSA) is 220 Å². The summed E-state index contributed by atoms with van der Waals surface area (Å²) >= 11 is 0. The first-order valence-electron chi connectivity index (χ1n) is 19.8. The molecule has 0 aromatic heterocycles. The van der Waals surface area contributed by atoms with Crippen LogP contribution in [0.15, 0.2) is 152 Å². The molecule has 16 heteroatoms. The molecule has 2 heterocycles. The minimum atomic E-state index is -1.96. The van der Waals surface area contributed by atoms with Gasteiger partial charge in [-0.05, 0) is 60.7 Å². The highest BCUT2D eigenvalue weighted by molar-refractivity contribution is 5.92. The number of rotatable bonds is 14. The van der Waals surface area contributed by atoms with Crippen LogP contribution < -0.4 is 0 Å². The van der Waals surface area contributed by atoms with E-state index in [0.29, 0.717) is 0 Å². The van der Waals surface area contributed by atoms with Crippen molar-refractivity contribution in [2.24, 2.45) is 0 Å². The summed E-state index contributed by atoms with van der Waals surface area (Å²) in [6, 6.07) is 38.8. The molecule has 0 unspecified atom stereocenters. The molecule has 0 aliphatic carbocycles. The Morgan fingerprint density at radius 3 is 1.21 bits per heavy atom. The van der Waals surface area contributed by atoms with Gasteiger partial charge in [0.15, 0.2) is 37.0 Å². The third-order valence-electron chi connectivity index (χ3n) is 10.1. The van der Waals surface area contributed by atoms with Crippen molar-refractivity contribution in [3.63, 3.8) is 0 Å². The monoisotopic (exact) mass is 862 g/mol. The first kappa shape index (κ1) is 44.3. The lowest BCUT2D eigenvalue weighted by Gasteiger charge is -2.47. The van der Waals surface area contributed by atoms with Crippen LogP contribution in [0.25, 0.3) is 0 Å².